The number of carbonyl (C=O) groups is 1. The first-order chi connectivity index (χ1) is 17.3. The smallest absolute Gasteiger partial charge is 0.192 e. The monoisotopic (exact) mass is 514 g/mol. The van der Waals surface area contributed by atoms with Crippen LogP contribution in [0.3, 0.4) is 0 Å². The van der Waals surface area contributed by atoms with Crippen molar-refractivity contribution >= 4 is 40.4 Å². The molecular weight excluding hydrogens is 485 g/mol. The summed E-state index contributed by atoms with van der Waals surface area (Å²) in [6.45, 7) is 0. The molecule has 4 rings (SSSR count). The molecule has 0 saturated heterocycles. The van der Waals surface area contributed by atoms with Crippen LogP contribution in [0.25, 0.3) is 0 Å². The first-order valence-electron chi connectivity index (χ1n) is 11.9. The van der Waals surface area contributed by atoms with E-state index in [-0.39, 0.29) is 5.92 Å². The van der Waals surface area contributed by atoms with Crippen molar-refractivity contribution in [3.63, 3.8) is 0 Å². The van der Waals surface area contributed by atoms with Crippen LogP contribution in [0.2, 0.25) is 0 Å². The van der Waals surface area contributed by atoms with E-state index in [1.807, 2.05) is 35.7 Å². The van der Waals surface area contributed by atoms with Crippen molar-refractivity contribution in [2.45, 2.75) is 33.6 Å². The van der Waals surface area contributed by atoms with Gasteiger partial charge in [0.1, 0.15) is 0 Å². The van der Waals surface area contributed by atoms with E-state index in [9.17, 15) is 4.79 Å². The zero-order chi connectivity index (χ0) is 24.1. The van der Waals surface area contributed by atoms with Gasteiger partial charge < -0.3 is 0 Å². The molecule has 0 aliphatic rings. The minimum absolute atomic E-state index is 0.0215. The Morgan fingerprint density at radius 1 is 0.571 bits per heavy atom. The summed E-state index contributed by atoms with van der Waals surface area (Å²) in [7, 11) is 0. The number of rotatable bonds is 12. The summed E-state index contributed by atoms with van der Waals surface area (Å²) < 4.78 is 0.349. The molecule has 0 aliphatic heterocycles. The molecular formula is C31H30OS3. The number of benzene rings is 4. The van der Waals surface area contributed by atoms with Gasteiger partial charge in [0.15, 0.2) is 5.12 Å². The normalized spacial score (nSPS) is 11.1. The summed E-state index contributed by atoms with van der Waals surface area (Å²) in [6.07, 6.45) is 2.52. The van der Waals surface area contributed by atoms with Crippen molar-refractivity contribution < 1.29 is 4.79 Å². The second-order valence-corrected chi connectivity index (χ2v) is 12.3. The van der Waals surface area contributed by atoms with E-state index in [1.165, 1.54) is 32.7 Å². The molecule has 1 nitrogen and oxygen atoms in total. The van der Waals surface area contributed by atoms with Crippen molar-refractivity contribution in [3.05, 3.63) is 132 Å². The van der Waals surface area contributed by atoms with Gasteiger partial charge >= 0.3 is 0 Å². The van der Waals surface area contributed by atoms with Gasteiger partial charge in [0, 0.05) is 21.5 Å². The average molecular weight is 515 g/mol. The van der Waals surface area contributed by atoms with Gasteiger partial charge in [-0.15, -0.1) is 23.5 Å². The molecule has 178 valence electrons. The largest absolute Gasteiger partial charge is 0.287 e. The summed E-state index contributed by atoms with van der Waals surface area (Å²) >= 11 is 5.28. The minimum Gasteiger partial charge on any atom is -0.287 e. The molecule has 0 heterocycles. The maximum Gasteiger partial charge on any atom is 0.192 e. The molecule has 0 bridgehead atoms. The Hall–Kier alpha value is -2.40. The Kier molecular flexibility index (Phi) is 10.4. The fourth-order valence-electron chi connectivity index (χ4n) is 3.85. The maximum absolute atomic E-state index is 13.4. The van der Waals surface area contributed by atoms with Crippen LogP contribution in [-0.2, 0) is 17.6 Å². The van der Waals surface area contributed by atoms with Crippen LogP contribution < -0.4 is 0 Å². The number of hydrogen-bond acceptors (Lipinski definition) is 4. The van der Waals surface area contributed by atoms with Gasteiger partial charge in [0.05, 0.1) is 4.58 Å². The predicted octanol–water partition coefficient (Wildman–Crippen LogP) is 8.65. The molecule has 0 fully saturated rings. The van der Waals surface area contributed by atoms with Crippen molar-refractivity contribution in [1.29, 1.82) is 0 Å². The van der Waals surface area contributed by atoms with Crippen molar-refractivity contribution in [2.75, 3.05) is 5.75 Å². The lowest BCUT2D eigenvalue weighted by atomic mass is 9.93. The van der Waals surface area contributed by atoms with Crippen LogP contribution in [0.4, 0.5) is 0 Å². The van der Waals surface area contributed by atoms with E-state index < -0.39 is 0 Å². The molecule has 0 radical (unpaired) electrons. The van der Waals surface area contributed by atoms with E-state index >= 15 is 0 Å². The molecule has 0 amide bonds. The topological polar surface area (TPSA) is 17.1 Å². The van der Waals surface area contributed by atoms with Crippen LogP contribution in [0.5, 0.6) is 0 Å². The molecule has 4 aromatic carbocycles. The second-order valence-electron chi connectivity index (χ2n) is 8.32. The van der Waals surface area contributed by atoms with E-state index in [2.05, 4.69) is 109 Å². The lowest BCUT2D eigenvalue weighted by Crippen LogP contribution is -2.18. The van der Waals surface area contributed by atoms with Gasteiger partial charge in [0.2, 0.25) is 0 Å². The number of carbonyl (C=O) groups excluding carboxylic acids is 1. The molecule has 0 aliphatic carbocycles. The standard InChI is InChI=1S/C31H30OS3/c32-31(27(23-25-13-5-1-6-14-25)24-26-15-7-2-8-16-26)33-22-21-30(34-28-17-9-3-10-18-28)35-29-19-11-4-12-20-29/h1-20,27,30H,21-24H2. The third-order valence-corrected chi connectivity index (χ3v) is 9.32. The highest BCUT2D eigenvalue weighted by Gasteiger charge is 2.21. The molecule has 0 spiro atoms. The third kappa shape index (κ3) is 8.96. The summed E-state index contributed by atoms with van der Waals surface area (Å²) in [6, 6.07) is 41.9. The van der Waals surface area contributed by atoms with Crippen LogP contribution in [0.15, 0.2) is 131 Å². The number of thioether (sulfide) groups is 3. The van der Waals surface area contributed by atoms with E-state index in [1.54, 1.807) is 0 Å². The van der Waals surface area contributed by atoms with Crippen LogP contribution in [0.1, 0.15) is 17.5 Å². The van der Waals surface area contributed by atoms with Gasteiger partial charge in [-0.05, 0) is 54.7 Å². The zero-order valence-electron chi connectivity index (χ0n) is 19.7. The lowest BCUT2D eigenvalue weighted by Gasteiger charge is -2.18. The average Bonchev–Trinajstić information content (AvgIpc) is 2.90. The van der Waals surface area contributed by atoms with Gasteiger partial charge in [0.25, 0.3) is 0 Å². The van der Waals surface area contributed by atoms with Crippen molar-refractivity contribution in [2.24, 2.45) is 5.92 Å². The van der Waals surface area contributed by atoms with Crippen LogP contribution in [0, 0.1) is 5.92 Å². The van der Waals surface area contributed by atoms with E-state index in [0.29, 0.717) is 9.70 Å². The highest BCUT2D eigenvalue weighted by molar-refractivity contribution is 8.17. The van der Waals surface area contributed by atoms with Crippen LogP contribution >= 0.6 is 35.3 Å². The fraction of sp³-hybridized carbons (Fsp3) is 0.194. The quantitative estimate of drug-likeness (QED) is 0.139. The number of hydrogen-bond donors (Lipinski definition) is 0. The highest BCUT2D eigenvalue weighted by atomic mass is 32.2. The molecule has 0 saturated carbocycles. The maximum atomic E-state index is 13.4. The van der Waals surface area contributed by atoms with Crippen LogP contribution in [-0.4, -0.2) is 15.5 Å². The molecule has 0 N–H and O–H groups in total. The van der Waals surface area contributed by atoms with E-state index in [4.69, 9.17) is 0 Å². The zero-order valence-corrected chi connectivity index (χ0v) is 22.1. The molecule has 35 heavy (non-hydrogen) atoms. The van der Waals surface area contributed by atoms with Crippen molar-refractivity contribution in [3.8, 4) is 0 Å². The molecule has 0 atom stereocenters. The van der Waals surface area contributed by atoms with Gasteiger partial charge in [-0.2, -0.15) is 0 Å². The molecule has 0 aromatic heterocycles. The van der Waals surface area contributed by atoms with Gasteiger partial charge in [-0.25, -0.2) is 0 Å². The Morgan fingerprint density at radius 2 is 0.971 bits per heavy atom. The fourth-order valence-corrected chi connectivity index (χ4v) is 7.67. The lowest BCUT2D eigenvalue weighted by molar-refractivity contribution is -0.114. The molecule has 0 unspecified atom stereocenters. The molecule has 4 heteroatoms. The first-order valence-corrected chi connectivity index (χ1v) is 14.7. The summed E-state index contributed by atoms with van der Waals surface area (Å²) in [4.78, 5) is 15.9. The minimum atomic E-state index is -0.0215. The Balaban J connectivity index is 1.39. The first kappa shape index (κ1) is 25.7. The third-order valence-electron chi connectivity index (χ3n) is 5.60. The highest BCUT2D eigenvalue weighted by Crippen LogP contribution is 2.38. The Bertz CT molecular complexity index is 1050. The summed E-state index contributed by atoms with van der Waals surface area (Å²) in [5.74, 6) is 0.801. The van der Waals surface area contributed by atoms with E-state index in [0.717, 1.165) is 25.0 Å². The van der Waals surface area contributed by atoms with Crippen molar-refractivity contribution in [1.82, 2.24) is 0 Å². The summed E-state index contributed by atoms with van der Waals surface area (Å²) in [5, 5.41) is 0.297. The predicted molar refractivity (Wildman–Crippen MR) is 154 cm³/mol. The Morgan fingerprint density at radius 3 is 1.40 bits per heavy atom. The SMILES string of the molecule is O=C(SCCC(Sc1ccccc1)Sc1ccccc1)C(Cc1ccccc1)Cc1ccccc1. The Labute approximate surface area is 222 Å². The van der Waals surface area contributed by atoms with Gasteiger partial charge in [-0.3, -0.25) is 4.79 Å². The summed E-state index contributed by atoms with van der Waals surface area (Å²) in [5.41, 5.74) is 2.44. The molecule has 4 aromatic rings. The second kappa shape index (κ2) is 14.2. The van der Waals surface area contributed by atoms with Gasteiger partial charge in [-0.1, -0.05) is 109 Å².